The molecule has 1 aromatic carbocycles. The predicted octanol–water partition coefficient (Wildman–Crippen LogP) is 7.46. The van der Waals surface area contributed by atoms with E-state index in [0.717, 1.165) is 0 Å². The average Bonchev–Trinajstić information content (AvgIpc) is 2.53. The van der Waals surface area contributed by atoms with Crippen molar-refractivity contribution in [1.82, 2.24) is 5.32 Å². The van der Waals surface area contributed by atoms with Crippen LogP contribution in [0, 0.1) is 0 Å². The van der Waals surface area contributed by atoms with Gasteiger partial charge in [-0.3, -0.25) is 0 Å². The summed E-state index contributed by atoms with van der Waals surface area (Å²) in [5.41, 5.74) is 1.60. The van der Waals surface area contributed by atoms with Crippen molar-refractivity contribution in [3.8, 4) is 0 Å². The Balaban J connectivity index is 0.00000529. The van der Waals surface area contributed by atoms with Gasteiger partial charge in [0.2, 0.25) is 0 Å². The highest BCUT2D eigenvalue weighted by Gasteiger charge is 2.19. The molecule has 0 amide bonds. The number of unbranched alkanes of at least 4 members (excludes halogenated alkanes) is 8. The van der Waals surface area contributed by atoms with E-state index in [1.807, 2.05) is 0 Å². The fourth-order valence-corrected chi connectivity index (χ4v) is 3.36. The summed E-state index contributed by atoms with van der Waals surface area (Å²) in [5, 5.41) is 3.80. The van der Waals surface area contributed by atoms with Gasteiger partial charge in [-0.1, -0.05) is 95.0 Å². The first-order chi connectivity index (χ1) is 11.0. The Labute approximate surface area is 157 Å². The molecular formula is C22H40ClN. The van der Waals surface area contributed by atoms with E-state index in [0.29, 0.717) is 6.04 Å². The van der Waals surface area contributed by atoms with Crippen LogP contribution in [0.15, 0.2) is 30.3 Å². The van der Waals surface area contributed by atoms with Crippen LogP contribution in [0.25, 0.3) is 0 Å². The summed E-state index contributed by atoms with van der Waals surface area (Å²) in [6.45, 7) is 9.25. The van der Waals surface area contributed by atoms with Crippen LogP contribution < -0.4 is 5.32 Å². The molecule has 0 bridgehead atoms. The first-order valence-corrected chi connectivity index (χ1v) is 9.88. The first-order valence-electron chi connectivity index (χ1n) is 9.88. The fourth-order valence-electron chi connectivity index (χ4n) is 3.36. The first kappa shape index (κ1) is 23.5. The third-order valence-corrected chi connectivity index (χ3v) is 4.81. The van der Waals surface area contributed by atoms with Gasteiger partial charge in [-0.15, -0.1) is 12.4 Å². The van der Waals surface area contributed by atoms with E-state index in [9.17, 15) is 0 Å². The van der Waals surface area contributed by atoms with Gasteiger partial charge in [0.1, 0.15) is 0 Å². The SMILES string of the molecule is CCCCCCCCCCCC(C)(C)NC(C)c1ccccc1.Cl. The lowest BCUT2D eigenvalue weighted by molar-refractivity contribution is 0.314. The molecule has 24 heavy (non-hydrogen) atoms. The second kappa shape index (κ2) is 13.7. The maximum absolute atomic E-state index is 3.80. The van der Waals surface area contributed by atoms with Crippen molar-refractivity contribution < 1.29 is 0 Å². The molecule has 0 saturated heterocycles. The highest BCUT2D eigenvalue weighted by molar-refractivity contribution is 5.85. The summed E-state index contributed by atoms with van der Waals surface area (Å²) in [6.07, 6.45) is 13.9. The molecule has 0 fully saturated rings. The molecule has 1 unspecified atom stereocenters. The van der Waals surface area contributed by atoms with Crippen molar-refractivity contribution in [2.45, 2.75) is 103 Å². The van der Waals surface area contributed by atoms with Crippen LogP contribution in [0.4, 0.5) is 0 Å². The fraction of sp³-hybridized carbons (Fsp3) is 0.727. The van der Waals surface area contributed by atoms with E-state index >= 15 is 0 Å². The Hall–Kier alpha value is -0.530. The number of rotatable bonds is 13. The van der Waals surface area contributed by atoms with Gasteiger partial charge >= 0.3 is 0 Å². The molecule has 2 heteroatoms. The third kappa shape index (κ3) is 11.1. The minimum absolute atomic E-state index is 0. The maximum Gasteiger partial charge on any atom is 0.0296 e. The second-order valence-corrected chi connectivity index (χ2v) is 7.74. The minimum Gasteiger partial charge on any atom is -0.305 e. The zero-order chi connectivity index (χ0) is 17.0. The molecule has 0 aromatic heterocycles. The standard InChI is InChI=1S/C22H39N.ClH/c1-5-6-7-8-9-10-11-12-16-19-22(3,4)23-20(2)21-17-14-13-15-18-21;/h13-15,17-18,20,23H,5-12,16,19H2,1-4H3;1H. The van der Waals surface area contributed by atoms with Gasteiger partial charge < -0.3 is 5.32 Å². The molecule has 0 saturated carbocycles. The van der Waals surface area contributed by atoms with Gasteiger partial charge in [-0.2, -0.15) is 0 Å². The van der Waals surface area contributed by atoms with Crippen molar-refractivity contribution in [1.29, 1.82) is 0 Å². The van der Waals surface area contributed by atoms with Crippen molar-refractivity contribution in [3.05, 3.63) is 35.9 Å². The summed E-state index contributed by atoms with van der Waals surface area (Å²) < 4.78 is 0. The summed E-state index contributed by atoms with van der Waals surface area (Å²) in [5.74, 6) is 0. The maximum atomic E-state index is 3.80. The van der Waals surface area contributed by atoms with Crippen LogP contribution >= 0.6 is 12.4 Å². The molecular weight excluding hydrogens is 314 g/mol. The van der Waals surface area contributed by atoms with Crippen LogP contribution in [-0.4, -0.2) is 5.54 Å². The zero-order valence-corrected chi connectivity index (χ0v) is 17.3. The van der Waals surface area contributed by atoms with Crippen LogP contribution in [0.2, 0.25) is 0 Å². The minimum atomic E-state index is 0. The number of hydrogen-bond donors (Lipinski definition) is 1. The van der Waals surface area contributed by atoms with Gasteiger partial charge in [0.15, 0.2) is 0 Å². The summed E-state index contributed by atoms with van der Waals surface area (Å²) in [7, 11) is 0. The normalized spacial score (nSPS) is 12.7. The number of halogens is 1. The molecule has 0 heterocycles. The lowest BCUT2D eigenvalue weighted by atomic mass is 9.94. The molecule has 0 aliphatic carbocycles. The van der Waals surface area contributed by atoms with Crippen molar-refractivity contribution in [3.63, 3.8) is 0 Å². The van der Waals surface area contributed by atoms with Crippen molar-refractivity contribution in [2.24, 2.45) is 0 Å². The molecule has 1 N–H and O–H groups in total. The lowest BCUT2D eigenvalue weighted by Gasteiger charge is -2.30. The van der Waals surface area contributed by atoms with Gasteiger partial charge in [0, 0.05) is 11.6 Å². The van der Waals surface area contributed by atoms with Crippen LogP contribution in [-0.2, 0) is 0 Å². The Kier molecular flexibility index (Phi) is 13.4. The highest BCUT2D eigenvalue weighted by Crippen LogP contribution is 2.21. The number of nitrogens with one attached hydrogen (secondary N) is 1. The smallest absolute Gasteiger partial charge is 0.0296 e. The Bertz CT molecular complexity index is 388. The van der Waals surface area contributed by atoms with E-state index in [1.165, 1.54) is 69.8 Å². The van der Waals surface area contributed by atoms with E-state index < -0.39 is 0 Å². The van der Waals surface area contributed by atoms with Crippen molar-refractivity contribution >= 4 is 12.4 Å². The second-order valence-electron chi connectivity index (χ2n) is 7.74. The van der Waals surface area contributed by atoms with Crippen LogP contribution in [0.5, 0.6) is 0 Å². The third-order valence-electron chi connectivity index (χ3n) is 4.81. The largest absolute Gasteiger partial charge is 0.305 e. The molecule has 0 spiro atoms. The van der Waals surface area contributed by atoms with Crippen LogP contribution in [0.1, 0.15) is 104 Å². The molecule has 1 aromatic rings. The quantitative estimate of drug-likeness (QED) is 0.363. The zero-order valence-electron chi connectivity index (χ0n) is 16.4. The average molecular weight is 354 g/mol. The van der Waals surface area contributed by atoms with Gasteiger partial charge in [-0.25, -0.2) is 0 Å². The van der Waals surface area contributed by atoms with Gasteiger partial charge in [0.25, 0.3) is 0 Å². The van der Waals surface area contributed by atoms with E-state index in [-0.39, 0.29) is 17.9 Å². The molecule has 1 nitrogen and oxygen atoms in total. The monoisotopic (exact) mass is 353 g/mol. The molecule has 1 atom stereocenters. The molecule has 1 rings (SSSR count). The van der Waals surface area contributed by atoms with Gasteiger partial charge in [0.05, 0.1) is 0 Å². The Morgan fingerprint density at radius 2 is 1.33 bits per heavy atom. The topological polar surface area (TPSA) is 12.0 Å². The molecule has 0 aliphatic heterocycles. The lowest BCUT2D eigenvalue weighted by Crippen LogP contribution is -2.40. The van der Waals surface area contributed by atoms with Gasteiger partial charge in [-0.05, 0) is 32.8 Å². The molecule has 0 aliphatic rings. The molecule has 0 radical (unpaired) electrons. The number of hydrogen-bond acceptors (Lipinski definition) is 1. The van der Waals surface area contributed by atoms with Crippen LogP contribution in [0.3, 0.4) is 0 Å². The Morgan fingerprint density at radius 3 is 1.88 bits per heavy atom. The summed E-state index contributed by atoms with van der Waals surface area (Å²) in [6, 6.07) is 11.2. The van der Waals surface area contributed by atoms with Crippen molar-refractivity contribution in [2.75, 3.05) is 0 Å². The Morgan fingerprint density at radius 1 is 0.833 bits per heavy atom. The highest BCUT2D eigenvalue weighted by atomic mass is 35.5. The van der Waals surface area contributed by atoms with E-state index in [4.69, 9.17) is 0 Å². The summed E-state index contributed by atoms with van der Waals surface area (Å²) >= 11 is 0. The predicted molar refractivity (Wildman–Crippen MR) is 111 cm³/mol. The molecule has 140 valence electrons. The number of benzene rings is 1. The van der Waals surface area contributed by atoms with E-state index in [2.05, 4.69) is 63.3 Å². The summed E-state index contributed by atoms with van der Waals surface area (Å²) in [4.78, 5) is 0. The van der Waals surface area contributed by atoms with E-state index in [1.54, 1.807) is 0 Å².